The number of halogens is 1. The summed E-state index contributed by atoms with van der Waals surface area (Å²) in [6.07, 6.45) is 6.08. The smallest absolute Gasteiger partial charge is 0.248 e. The van der Waals surface area contributed by atoms with Gasteiger partial charge in [0.25, 0.3) is 0 Å². The average molecular weight is 278 g/mol. The Kier molecular flexibility index (Phi) is 5.12. The number of nitrogens with two attached hydrogens (primary N) is 1. The van der Waals surface area contributed by atoms with Crippen molar-refractivity contribution in [1.29, 1.82) is 0 Å². The van der Waals surface area contributed by atoms with Gasteiger partial charge in [-0.15, -0.1) is 0 Å². The minimum atomic E-state index is -0.518. The largest absolute Gasteiger partial charge is 0.366 e. The summed E-state index contributed by atoms with van der Waals surface area (Å²) in [5.41, 5.74) is 6.11. The molecule has 0 aliphatic heterocycles. The van der Waals surface area contributed by atoms with Gasteiger partial charge in [-0.25, -0.2) is 4.39 Å². The second-order valence-electron chi connectivity index (χ2n) is 5.61. The molecule has 2 unspecified atom stereocenters. The number of amides is 1. The fourth-order valence-electron chi connectivity index (χ4n) is 3.07. The monoisotopic (exact) mass is 278 g/mol. The molecule has 3 nitrogen and oxygen atoms in total. The van der Waals surface area contributed by atoms with Gasteiger partial charge in [0.1, 0.15) is 5.82 Å². The summed E-state index contributed by atoms with van der Waals surface area (Å²) >= 11 is 0. The molecule has 0 saturated heterocycles. The summed E-state index contributed by atoms with van der Waals surface area (Å²) in [6.45, 7) is 2.66. The molecule has 0 heterocycles. The molecule has 0 bridgehead atoms. The van der Waals surface area contributed by atoms with Crippen LogP contribution in [0.15, 0.2) is 18.2 Å². The highest BCUT2D eigenvalue weighted by Crippen LogP contribution is 2.27. The van der Waals surface area contributed by atoms with E-state index in [1.165, 1.54) is 31.4 Å². The Bertz CT molecular complexity index is 476. The molecule has 110 valence electrons. The molecule has 0 aromatic heterocycles. The maximum absolute atomic E-state index is 13.8. The predicted octanol–water partition coefficient (Wildman–Crippen LogP) is 2.98. The number of nitrogens with one attached hydrogen (secondary N) is 1. The first kappa shape index (κ1) is 15.0. The van der Waals surface area contributed by atoms with Crippen molar-refractivity contribution in [3.05, 3.63) is 35.1 Å². The van der Waals surface area contributed by atoms with Gasteiger partial charge in [0.15, 0.2) is 0 Å². The number of hydrogen-bond acceptors (Lipinski definition) is 2. The van der Waals surface area contributed by atoms with Crippen molar-refractivity contribution in [3.63, 3.8) is 0 Å². The van der Waals surface area contributed by atoms with Crippen molar-refractivity contribution < 1.29 is 9.18 Å². The summed E-state index contributed by atoms with van der Waals surface area (Å²) in [5, 5.41) is 3.45. The highest BCUT2D eigenvalue weighted by molar-refractivity contribution is 5.92. The number of carbonyl (C=O) groups is 1. The quantitative estimate of drug-likeness (QED) is 0.870. The third-order valence-electron chi connectivity index (χ3n) is 4.32. The average Bonchev–Trinajstić information content (AvgIpc) is 2.46. The molecule has 1 fully saturated rings. The zero-order chi connectivity index (χ0) is 14.5. The number of hydrogen-bond donors (Lipinski definition) is 2. The molecule has 1 aromatic rings. The minimum Gasteiger partial charge on any atom is -0.366 e. The number of carbonyl (C=O) groups excluding carboxylic acids is 1. The third kappa shape index (κ3) is 3.57. The molecule has 0 spiro atoms. The number of primary amides is 1. The Hall–Kier alpha value is -1.42. The van der Waals surface area contributed by atoms with Crippen LogP contribution in [0.3, 0.4) is 0 Å². The van der Waals surface area contributed by atoms with Gasteiger partial charge in [-0.2, -0.15) is 0 Å². The molecule has 1 amide bonds. The van der Waals surface area contributed by atoms with E-state index in [0.29, 0.717) is 29.6 Å². The zero-order valence-corrected chi connectivity index (χ0v) is 12.0. The molecule has 1 aliphatic rings. The summed E-state index contributed by atoms with van der Waals surface area (Å²) in [6, 6.07) is 4.74. The zero-order valence-electron chi connectivity index (χ0n) is 12.0. The van der Waals surface area contributed by atoms with Crippen LogP contribution in [0, 0.1) is 11.7 Å². The lowest BCUT2D eigenvalue weighted by Gasteiger charge is -2.31. The maximum atomic E-state index is 13.8. The number of rotatable bonds is 5. The second-order valence-corrected chi connectivity index (χ2v) is 5.61. The van der Waals surface area contributed by atoms with Gasteiger partial charge in [0, 0.05) is 23.7 Å². The molecule has 2 rings (SSSR count). The van der Waals surface area contributed by atoms with Crippen LogP contribution >= 0.6 is 0 Å². The fourth-order valence-corrected chi connectivity index (χ4v) is 3.07. The first-order chi connectivity index (χ1) is 9.61. The summed E-state index contributed by atoms with van der Waals surface area (Å²) in [7, 11) is 0. The topological polar surface area (TPSA) is 55.1 Å². The Morgan fingerprint density at radius 1 is 1.40 bits per heavy atom. The van der Waals surface area contributed by atoms with Crippen LogP contribution in [0.25, 0.3) is 0 Å². The molecule has 20 heavy (non-hydrogen) atoms. The highest BCUT2D eigenvalue weighted by Gasteiger charge is 2.23. The van der Waals surface area contributed by atoms with E-state index in [1.807, 2.05) is 0 Å². The Morgan fingerprint density at radius 3 is 2.85 bits per heavy atom. The first-order valence-corrected chi connectivity index (χ1v) is 7.43. The van der Waals surface area contributed by atoms with Crippen molar-refractivity contribution in [2.24, 2.45) is 11.7 Å². The van der Waals surface area contributed by atoms with E-state index in [2.05, 4.69) is 12.2 Å². The Balaban J connectivity index is 2.02. The molecule has 1 aliphatic carbocycles. The van der Waals surface area contributed by atoms with Crippen LogP contribution in [-0.4, -0.2) is 11.9 Å². The van der Waals surface area contributed by atoms with Gasteiger partial charge in [0.2, 0.25) is 5.91 Å². The van der Waals surface area contributed by atoms with Crippen molar-refractivity contribution in [2.75, 3.05) is 0 Å². The molecule has 0 radical (unpaired) electrons. The molecule has 1 aromatic carbocycles. The predicted molar refractivity (Wildman–Crippen MR) is 77.8 cm³/mol. The van der Waals surface area contributed by atoms with Gasteiger partial charge < -0.3 is 11.1 Å². The van der Waals surface area contributed by atoms with Crippen LogP contribution in [0.4, 0.5) is 4.39 Å². The third-order valence-corrected chi connectivity index (χ3v) is 4.32. The Morgan fingerprint density at radius 2 is 2.15 bits per heavy atom. The van der Waals surface area contributed by atoms with E-state index >= 15 is 0 Å². The number of benzene rings is 1. The normalized spacial score (nSPS) is 22.7. The van der Waals surface area contributed by atoms with Gasteiger partial charge in [-0.1, -0.05) is 26.2 Å². The molecule has 3 N–H and O–H groups in total. The second kappa shape index (κ2) is 6.84. The van der Waals surface area contributed by atoms with Crippen molar-refractivity contribution in [2.45, 2.75) is 51.6 Å². The van der Waals surface area contributed by atoms with Crippen molar-refractivity contribution in [1.82, 2.24) is 5.32 Å². The lowest BCUT2D eigenvalue weighted by Crippen LogP contribution is -2.38. The van der Waals surface area contributed by atoms with E-state index in [4.69, 9.17) is 5.73 Å². The standard InChI is InChI=1S/C16H23FN2O/c1-2-11-5-3-4-6-15(11)19-10-13-9-12(16(18)20)7-8-14(13)17/h7-9,11,15,19H,2-6,10H2,1H3,(H2,18,20). The van der Waals surface area contributed by atoms with Crippen LogP contribution in [0.5, 0.6) is 0 Å². The van der Waals surface area contributed by atoms with Crippen LogP contribution < -0.4 is 11.1 Å². The summed E-state index contributed by atoms with van der Waals surface area (Å²) in [5.74, 6) is -0.132. The van der Waals surface area contributed by atoms with Gasteiger partial charge >= 0.3 is 0 Å². The Labute approximate surface area is 119 Å². The molecular weight excluding hydrogens is 255 g/mol. The maximum Gasteiger partial charge on any atom is 0.248 e. The van der Waals surface area contributed by atoms with E-state index in [-0.39, 0.29) is 5.82 Å². The minimum absolute atomic E-state index is 0.286. The molecule has 2 atom stereocenters. The highest BCUT2D eigenvalue weighted by atomic mass is 19.1. The van der Waals surface area contributed by atoms with E-state index < -0.39 is 5.91 Å². The van der Waals surface area contributed by atoms with Gasteiger partial charge in [0.05, 0.1) is 0 Å². The van der Waals surface area contributed by atoms with E-state index in [0.717, 1.165) is 12.8 Å². The lowest BCUT2D eigenvalue weighted by atomic mass is 9.83. The van der Waals surface area contributed by atoms with Crippen molar-refractivity contribution >= 4 is 5.91 Å². The van der Waals surface area contributed by atoms with Crippen LogP contribution in [-0.2, 0) is 6.54 Å². The summed E-state index contributed by atoms with van der Waals surface area (Å²) < 4.78 is 13.8. The summed E-state index contributed by atoms with van der Waals surface area (Å²) in [4.78, 5) is 11.1. The molecular formula is C16H23FN2O. The van der Waals surface area contributed by atoms with E-state index in [1.54, 1.807) is 6.07 Å². The fraction of sp³-hybridized carbons (Fsp3) is 0.562. The van der Waals surface area contributed by atoms with Crippen molar-refractivity contribution in [3.8, 4) is 0 Å². The molecule has 4 heteroatoms. The lowest BCUT2D eigenvalue weighted by molar-refractivity contribution is 0.1000. The van der Waals surface area contributed by atoms with E-state index in [9.17, 15) is 9.18 Å². The van der Waals surface area contributed by atoms with Gasteiger partial charge in [-0.05, 0) is 37.0 Å². The van der Waals surface area contributed by atoms with Crippen LogP contribution in [0.1, 0.15) is 54.9 Å². The molecule has 1 saturated carbocycles. The van der Waals surface area contributed by atoms with Gasteiger partial charge in [-0.3, -0.25) is 4.79 Å². The first-order valence-electron chi connectivity index (χ1n) is 7.43. The van der Waals surface area contributed by atoms with Crippen LogP contribution in [0.2, 0.25) is 0 Å². The SMILES string of the molecule is CCC1CCCCC1NCc1cc(C(N)=O)ccc1F.